The van der Waals surface area contributed by atoms with E-state index in [0.29, 0.717) is 0 Å². The standard InChI is InChI=1S/C17H17ClN2/c1-11-6-4-8-14(10-11)20-15-9-5-7-12(2)16(15)19-17(20)13(3)18/h4-10,13H,1-3H3. The molecular weight excluding hydrogens is 268 g/mol. The fraction of sp³-hybridized carbons (Fsp3) is 0.235. The predicted molar refractivity (Wildman–Crippen MR) is 84.8 cm³/mol. The number of benzene rings is 2. The number of fused-ring (bicyclic) bond motifs is 1. The van der Waals surface area contributed by atoms with E-state index < -0.39 is 0 Å². The van der Waals surface area contributed by atoms with Crippen molar-refractivity contribution in [1.82, 2.24) is 9.55 Å². The van der Waals surface area contributed by atoms with Gasteiger partial charge in [0.25, 0.3) is 0 Å². The van der Waals surface area contributed by atoms with Gasteiger partial charge >= 0.3 is 0 Å². The van der Waals surface area contributed by atoms with Crippen LogP contribution in [0.3, 0.4) is 0 Å². The van der Waals surface area contributed by atoms with Crippen molar-refractivity contribution in [2.24, 2.45) is 0 Å². The van der Waals surface area contributed by atoms with Crippen LogP contribution < -0.4 is 0 Å². The quantitative estimate of drug-likeness (QED) is 0.609. The zero-order chi connectivity index (χ0) is 14.3. The summed E-state index contributed by atoms with van der Waals surface area (Å²) in [7, 11) is 0. The van der Waals surface area contributed by atoms with Crippen LogP contribution in [0.2, 0.25) is 0 Å². The van der Waals surface area contributed by atoms with Gasteiger partial charge in [0, 0.05) is 5.69 Å². The summed E-state index contributed by atoms with van der Waals surface area (Å²) in [5.74, 6) is 0.890. The summed E-state index contributed by atoms with van der Waals surface area (Å²) in [6.07, 6.45) is 0. The minimum absolute atomic E-state index is 0.137. The molecule has 3 rings (SSSR count). The SMILES string of the molecule is Cc1cccc(-n2c(C(C)Cl)nc3c(C)cccc32)c1. The maximum atomic E-state index is 6.34. The Balaban J connectivity index is 2.38. The molecule has 0 aliphatic rings. The summed E-state index contributed by atoms with van der Waals surface area (Å²) in [5.41, 5.74) is 5.65. The van der Waals surface area contributed by atoms with Gasteiger partial charge in [0.05, 0.1) is 16.4 Å². The molecule has 0 saturated heterocycles. The highest BCUT2D eigenvalue weighted by molar-refractivity contribution is 6.20. The van der Waals surface area contributed by atoms with Crippen LogP contribution in [-0.2, 0) is 0 Å². The molecule has 0 N–H and O–H groups in total. The number of halogens is 1. The first-order valence-corrected chi connectivity index (χ1v) is 7.20. The third-order valence-electron chi connectivity index (χ3n) is 3.53. The lowest BCUT2D eigenvalue weighted by atomic mass is 10.2. The topological polar surface area (TPSA) is 17.8 Å². The van der Waals surface area contributed by atoms with Crippen LogP contribution in [0, 0.1) is 13.8 Å². The van der Waals surface area contributed by atoms with Crippen molar-refractivity contribution in [2.45, 2.75) is 26.1 Å². The van der Waals surface area contributed by atoms with Gasteiger partial charge in [-0.2, -0.15) is 0 Å². The Morgan fingerprint density at radius 3 is 2.55 bits per heavy atom. The summed E-state index contributed by atoms with van der Waals surface area (Å²) >= 11 is 6.34. The molecule has 3 aromatic rings. The molecule has 1 heterocycles. The van der Waals surface area contributed by atoms with E-state index in [-0.39, 0.29) is 5.38 Å². The Kier molecular flexibility index (Phi) is 3.27. The molecule has 0 bridgehead atoms. The van der Waals surface area contributed by atoms with Crippen LogP contribution in [0.1, 0.15) is 29.3 Å². The van der Waals surface area contributed by atoms with Gasteiger partial charge in [-0.25, -0.2) is 4.98 Å². The molecule has 0 spiro atoms. The number of nitrogens with zero attached hydrogens (tertiary/aromatic N) is 2. The lowest BCUT2D eigenvalue weighted by Crippen LogP contribution is -2.02. The normalized spacial score (nSPS) is 12.8. The fourth-order valence-electron chi connectivity index (χ4n) is 2.56. The van der Waals surface area contributed by atoms with E-state index in [1.54, 1.807) is 0 Å². The number of aryl methyl sites for hydroxylation is 2. The molecule has 0 radical (unpaired) electrons. The molecule has 0 aliphatic heterocycles. The second kappa shape index (κ2) is 4.95. The number of para-hydroxylation sites is 1. The predicted octanol–water partition coefficient (Wildman–Crippen LogP) is 4.94. The number of rotatable bonds is 2. The van der Waals surface area contributed by atoms with E-state index in [0.717, 1.165) is 22.5 Å². The molecule has 2 nitrogen and oxygen atoms in total. The van der Waals surface area contributed by atoms with Gasteiger partial charge < -0.3 is 0 Å². The molecular formula is C17H17ClN2. The van der Waals surface area contributed by atoms with Crippen LogP contribution in [0.25, 0.3) is 16.7 Å². The van der Waals surface area contributed by atoms with E-state index in [1.165, 1.54) is 11.1 Å². The number of aromatic nitrogens is 2. The van der Waals surface area contributed by atoms with Gasteiger partial charge in [-0.05, 0) is 50.1 Å². The van der Waals surface area contributed by atoms with Crippen LogP contribution >= 0.6 is 11.6 Å². The smallest absolute Gasteiger partial charge is 0.132 e. The monoisotopic (exact) mass is 284 g/mol. The lowest BCUT2D eigenvalue weighted by molar-refractivity contribution is 0.882. The number of hydrogen-bond donors (Lipinski definition) is 0. The van der Waals surface area contributed by atoms with Crippen molar-refractivity contribution in [2.75, 3.05) is 0 Å². The fourth-order valence-corrected chi connectivity index (χ4v) is 2.71. The van der Waals surface area contributed by atoms with Gasteiger partial charge in [0.2, 0.25) is 0 Å². The van der Waals surface area contributed by atoms with Gasteiger partial charge in [0.15, 0.2) is 0 Å². The summed E-state index contributed by atoms with van der Waals surface area (Å²) in [6.45, 7) is 6.14. The van der Waals surface area contributed by atoms with Crippen molar-refractivity contribution in [3.05, 3.63) is 59.4 Å². The average molecular weight is 285 g/mol. The molecule has 0 aliphatic carbocycles. The molecule has 2 aromatic carbocycles. The maximum Gasteiger partial charge on any atom is 0.132 e. The molecule has 1 unspecified atom stereocenters. The molecule has 0 saturated carbocycles. The second-order valence-electron chi connectivity index (χ2n) is 5.20. The molecule has 20 heavy (non-hydrogen) atoms. The van der Waals surface area contributed by atoms with Crippen molar-refractivity contribution < 1.29 is 0 Å². The molecule has 0 fully saturated rings. The van der Waals surface area contributed by atoms with E-state index in [1.807, 2.05) is 6.92 Å². The van der Waals surface area contributed by atoms with E-state index in [9.17, 15) is 0 Å². The van der Waals surface area contributed by atoms with Crippen molar-refractivity contribution >= 4 is 22.6 Å². The summed E-state index contributed by atoms with van der Waals surface area (Å²) in [4.78, 5) is 4.75. The summed E-state index contributed by atoms with van der Waals surface area (Å²) in [6, 6.07) is 14.7. The molecule has 1 atom stereocenters. The van der Waals surface area contributed by atoms with Crippen LogP contribution in [0.4, 0.5) is 0 Å². The Hall–Kier alpha value is -1.80. The van der Waals surface area contributed by atoms with Crippen molar-refractivity contribution in [3.8, 4) is 5.69 Å². The molecule has 102 valence electrons. The highest BCUT2D eigenvalue weighted by Crippen LogP contribution is 2.29. The number of alkyl halides is 1. The minimum atomic E-state index is -0.137. The first-order chi connectivity index (χ1) is 9.58. The second-order valence-corrected chi connectivity index (χ2v) is 5.86. The largest absolute Gasteiger partial charge is 0.295 e. The Morgan fingerprint density at radius 2 is 1.85 bits per heavy atom. The van der Waals surface area contributed by atoms with E-state index >= 15 is 0 Å². The zero-order valence-corrected chi connectivity index (χ0v) is 12.6. The Bertz CT molecular complexity index is 772. The third-order valence-corrected chi connectivity index (χ3v) is 3.72. The molecule has 1 aromatic heterocycles. The Morgan fingerprint density at radius 1 is 1.10 bits per heavy atom. The van der Waals surface area contributed by atoms with Crippen LogP contribution in [0.5, 0.6) is 0 Å². The first kappa shape index (κ1) is 13.2. The van der Waals surface area contributed by atoms with Gasteiger partial charge in [-0.1, -0.05) is 24.3 Å². The minimum Gasteiger partial charge on any atom is -0.295 e. The summed E-state index contributed by atoms with van der Waals surface area (Å²) in [5, 5.41) is -0.137. The van der Waals surface area contributed by atoms with E-state index in [2.05, 4.69) is 60.9 Å². The number of hydrogen-bond acceptors (Lipinski definition) is 1. The van der Waals surface area contributed by atoms with Gasteiger partial charge in [-0.3, -0.25) is 4.57 Å². The van der Waals surface area contributed by atoms with Crippen LogP contribution in [-0.4, -0.2) is 9.55 Å². The molecule has 3 heteroatoms. The lowest BCUT2D eigenvalue weighted by Gasteiger charge is -2.11. The first-order valence-electron chi connectivity index (χ1n) is 6.77. The maximum absolute atomic E-state index is 6.34. The highest BCUT2D eigenvalue weighted by Gasteiger charge is 2.17. The van der Waals surface area contributed by atoms with E-state index in [4.69, 9.17) is 16.6 Å². The zero-order valence-electron chi connectivity index (χ0n) is 11.9. The molecule has 0 amide bonds. The number of imidazole rings is 1. The summed E-state index contributed by atoms with van der Waals surface area (Å²) < 4.78 is 2.16. The third kappa shape index (κ3) is 2.10. The van der Waals surface area contributed by atoms with Gasteiger partial charge in [-0.15, -0.1) is 11.6 Å². The Labute approximate surface area is 124 Å². The average Bonchev–Trinajstić information content (AvgIpc) is 2.80. The highest BCUT2D eigenvalue weighted by atomic mass is 35.5. The van der Waals surface area contributed by atoms with Crippen molar-refractivity contribution in [3.63, 3.8) is 0 Å². The van der Waals surface area contributed by atoms with Crippen molar-refractivity contribution in [1.29, 1.82) is 0 Å². The van der Waals surface area contributed by atoms with Crippen LogP contribution in [0.15, 0.2) is 42.5 Å². The van der Waals surface area contributed by atoms with Gasteiger partial charge in [0.1, 0.15) is 5.82 Å².